The van der Waals surface area contributed by atoms with Crippen molar-refractivity contribution in [1.29, 1.82) is 0 Å². The highest BCUT2D eigenvalue weighted by Gasteiger charge is 2.09. The molecule has 3 heteroatoms. The van der Waals surface area contributed by atoms with Crippen LogP contribution in [0.3, 0.4) is 0 Å². The van der Waals surface area contributed by atoms with E-state index in [4.69, 9.17) is 34.8 Å². The SMILES string of the molecule is CC(Cl)Cl.ClC1CCCC1. The Bertz CT molecular complexity index is 64.5. The average Bonchev–Trinajstić information content (AvgIpc) is 2.15. The van der Waals surface area contributed by atoms with Crippen LogP contribution in [0.25, 0.3) is 0 Å². The predicted molar refractivity (Wildman–Crippen MR) is 49.3 cm³/mol. The largest absolute Gasteiger partial charge is 0.123 e. The van der Waals surface area contributed by atoms with E-state index in [0.29, 0.717) is 5.38 Å². The third kappa shape index (κ3) is 8.87. The van der Waals surface area contributed by atoms with E-state index in [0.717, 1.165) is 0 Å². The summed E-state index contributed by atoms with van der Waals surface area (Å²) in [6.07, 6.45) is 5.21. The highest BCUT2D eigenvalue weighted by atomic mass is 35.5. The molecular formula is C7H13Cl3. The molecule has 0 N–H and O–H groups in total. The minimum Gasteiger partial charge on any atom is -0.123 e. The van der Waals surface area contributed by atoms with Gasteiger partial charge in [-0.15, -0.1) is 34.8 Å². The van der Waals surface area contributed by atoms with E-state index in [9.17, 15) is 0 Å². The van der Waals surface area contributed by atoms with Gasteiger partial charge in [0.2, 0.25) is 0 Å². The van der Waals surface area contributed by atoms with Gasteiger partial charge in [-0.2, -0.15) is 0 Å². The van der Waals surface area contributed by atoms with E-state index in [2.05, 4.69) is 0 Å². The van der Waals surface area contributed by atoms with Crippen LogP contribution in [0.2, 0.25) is 0 Å². The molecule has 0 unspecified atom stereocenters. The number of alkyl halides is 3. The zero-order valence-electron chi connectivity index (χ0n) is 6.12. The molecule has 10 heavy (non-hydrogen) atoms. The fraction of sp³-hybridized carbons (Fsp3) is 1.00. The van der Waals surface area contributed by atoms with Crippen molar-refractivity contribution in [3.63, 3.8) is 0 Å². The van der Waals surface area contributed by atoms with E-state index in [-0.39, 0.29) is 4.84 Å². The molecule has 0 aliphatic heterocycles. The highest BCUT2D eigenvalue weighted by molar-refractivity contribution is 6.43. The zero-order valence-corrected chi connectivity index (χ0v) is 8.38. The van der Waals surface area contributed by atoms with Crippen LogP contribution in [0, 0.1) is 0 Å². The summed E-state index contributed by atoms with van der Waals surface area (Å²) in [5, 5.41) is 0.519. The molecule has 0 radical (unpaired) electrons. The van der Waals surface area contributed by atoms with Gasteiger partial charge in [-0.05, 0) is 19.8 Å². The van der Waals surface area contributed by atoms with Gasteiger partial charge in [-0.25, -0.2) is 0 Å². The first-order valence-corrected chi connectivity index (χ1v) is 4.86. The van der Waals surface area contributed by atoms with Gasteiger partial charge in [0.1, 0.15) is 4.84 Å². The van der Waals surface area contributed by atoms with Gasteiger partial charge in [-0.1, -0.05) is 12.8 Å². The molecule has 1 saturated carbocycles. The molecule has 0 atom stereocenters. The standard InChI is InChI=1S/C5H9Cl.C2H4Cl2/c6-5-3-1-2-4-5;1-2(3)4/h5H,1-4H2;2H,1H3. The summed E-state index contributed by atoms with van der Waals surface area (Å²) in [4.78, 5) is -0.222. The van der Waals surface area contributed by atoms with E-state index in [1.165, 1.54) is 25.7 Å². The molecule has 0 saturated heterocycles. The molecule has 0 aromatic rings. The third-order valence-corrected chi connectivity index (χ3v) is 1.72. The lowest BCUT2D eigenvalue weighted by Gasteiger charge is -1.88. The monoisotopic (exact) mass is 202 g/mol. The summed E-state index contributed by atoms with van der Waals surface area (Å²) in [5.41, 5.74) is 0. The van der Waals surface area contributed by atoms with Crippen molar-refractivity contribution in [3.8, 4) is 0 Å². The van der Waals surface area contributed by atoms with Gasteiger partial charge in [-0.3, -0.25) is 0 Å². The maximum Gasteiger partial charge on any atom is 0.105 e. The molecule has 1 aliphatic carbocycles. The van der Waals surface area contributed by atoms with Crippen LogP contribution in [0.1, 0.15) is 32.6 Å². The lowest BCUT2D eigenvalue weighted by molar-refractivity contribution is 0.886. The van der Waals surface area contributed by atoms with Crippen molar-refractivity contribution >= 4 is 34.8 Å². The van der Waals surface area contributed by atoms with Crippen LogP contribution in [0.5, 0.6) is 0 Å². The van der Waals surface area contributed by atoms with E-state index in [1.807, 2.05) is 0 Å². The van der Waals surface area contributed by atoms with Crippen molar-refractivity contribution in [3.05, 3.63) is 0 Å². The average molecular weight is 204 g/mol. The summed E-state index contributed by atoms with van der Waals surface area (Å²) in [6.45, 7) is 1.70. The Kier molecular flexibility index (Phi) is 7.14. The summed E-state index contributed by atoms with van der Waals surface area (Å²) in [5.74, 6) is 0. The van der Waals surface area contributed by atoms with Crippen molar-refractivity contribution in [2.24, 2.45) is 0 Å². The molecule has 0 bridgehead atoms. The molecule has 1 aliphatic rings. The van der Waals surface area contributed by atoms with Gasteiger partial charge in [0, 0.05) is 5.38 Å². The Labute approximate surface area is 77.8 Å². The fourth-order valence-corrected chi connectivity index (χ4v) is 1.18. The van der Waals surface area contributed by atoms with Crippen molar-refractivity contribution in [2.45, 2.75) is 42.8 Å². The Morgan fingerprint density at radius 3 is 1.60 bits per heavy atom. The van der Waals surface area contributed by atoms with Crippen LogP contribution >= 0.6 is 34.8 Å². The van der Waals surface area contributed by atoms with E-state index >= 15 is 0 Å². The molecular weight excluding hydrogens is 190 g/mol. The van der Waals surface area contributed by atoms with Gasteiger partial charge in [0.25, 0.3) is 0 Å². The molecule has 0 spiro atoms. The van der Waals surface area contributed by atoms with Crippen molar-refractivity contribution < 1.29 is 0 Å². The van der Waals surface area contributed by atoms with Gasteiger partial charge in [0.05, 0.1) is 0 Å². The van der Waals surface area contributed by atoms with E-state index < -0.39 is 0 Å². The first-order valence-electron chi connectivity index (χ1n) is 3.55. The van der Waals surface area contributed by atoms with E-state index in [1.54, 1.807) is 6.92 Å². The van der Waals surface area contributed by atoms with Crippen molar-refractivity contribution in [1.82, 2.24) is 0 Å². The lowest BCUT2D eigenvalue weighted by Crippen LogP contribution is -1.83. The zero-order chi connectivity index (χ0) is 7.98. The van der Waals surface area contributed by atoms with Gasteiger partial charge in [0.15, 0.2) is 0 Å². The topological polar surface area (TPSA) is 0 Å². The van der Waals surface area contributed by atoms with Gasteiger partial charge < -0.3 is 0 Å². The molecule has 0 aromatic heterocycles. The second-order valence-corrected chi connectivity index (χ2v) is 4.55. The molecule has 0 amide bonds. The Hall–Kier alpha value is 0.870. The number of hydrogen-bond donors (Lipinski definition) is 0. The second-order valence-electron chi connectivity index (χ2n) is 2.40. The molecule has 0 aromatic carbocycles. The molecule has 1 fully saturated rings. The molecule has 0 heterocycles. The summed E-state index contributed by atoms with van der Waals surface area (Å²) >= 11 is 15.8. The highest BCUT2D eigenvalue weighted by Crippen LogP contribution is 2.22. The maximum atomic E-state index is 5.71. The number of rotatable bonds is 0. The molecule has 1 rings (SSSR count). The Balaban J connectivity index is 0.000000180. The van der Waals surface area contributed by atoms with Crippen LogP contribution in [0.4, 0.5) is 0 Å². The molecule has 62 valence electrons. The fourth-order valence-electron chi connectivity index (χ4n) is 0.876. The summed E-state index contributed by atoms with van der Waals surface area (Å²) in [6, 6.07) is 0. The minimum absolute atomic E-state index is 0.222. The van der Waals surface area contributed by atoms with Crippen LogP contribution in [0.15, 0.2) is 0 Å². The summed E-state index contributed by atoms with van der Waals surface area (Å²) < 4.78 is 0. The van der Waals surface area contributed by atoms with Crippen LogP contribution < -0.4 is 0 Å². The minimum atomic E-state index is -0.222. The predicted octanol–water partition coefficient (Wildman–Crippen LogP) is 3.98. The lowest BCUT2D eigenvalue weighted by atomic mass is 10.4. The summed E-state index contributed by atoms with van der Waals surface area (Å²) in [7, 11) is 0. The number of hydrogen-bond acceptors (Lipinski definition) is 0. The second kappa shape index (κ2) is 6.57. The third-order valence-electron chi connectivity index (χ3n) is 1.28. The Morgan fingerprint density at radius 2 is 1.50 bits per heavy atom. The first-order chi connectivity index (χ1) is 4.63. The smallest absolute Gasteiger partial charge is 0.105 e. The first kappa shape index (κ1) is 10.9. The normalized spacial score (nSPS) is 18.9. The molecule has 0 nitrogen and oxygen atoms in total. The Morgan fingerprint density at radius 1 is 1.20 bits per heavy atom. The number of halogens is 3. The quantitative estimate of drug-likeness (QED) is 0.523. The van der Waals surface area contributed by atoms with Crippen LogP contribution in [-0.2, 0) is 0 Å². The van der Waals surface area contributed by atoms with Gasteiger partial charge >= 0.3 is 0 Å². The van der Waals surface area contributed by atoms with Crippen LogP contribution in [-0.4, -0.2) is 10.2 Å². The maximum absolute atomic E-state index is 5.71. The van der Waals surface area contributed by atoms with Crippen molar-refractivity contribution in [2.75, 3.05) is 0 Å².